The van der Waals surface area contributed by atoms with E-state index in [0.717, 1.165) is 0 Å². The molecule has 1 heterocycles. The van der Waals surface area contributed by atoms with Crippen LogP contribution in [0.3, 0.4) is 0 Å². The number of fused-ring (bicyclic) bond motifs is 1. The van der Waals surface area contributed by atoms with Crippen LogP contribution in [0.25, 0.3) is 0 Å². The minimum absolute atomic E-state index is 0.107. The smallest absolute Gasteiger partial charge is 0.316 e. The van der Waals surface area contributed by atoms with Crippen molar-refractivity contribution >= 4 is 36.3 Å². The van der Waals surface area contributed by atoms with Crippen molar-refractivity contribution in [2.45, 2.75) is 28.8 Å². The molecule has 184 valence electrons. The Labute approximate surface area is 183 Å². The number of benzene rings is 1. The Morgan fingerprint density at radius 2 is 1.58 bits per heavy atom. The van der Waals surface area contributed by atoms with E-state index in [2.05, 4.69) is 4.74 Å². The number of carbonyl (C=O) groups is 1. The maximum absolute atomic E-state index is 14.2. The highest BCUT2D eigenvalue weighted by atomic mass is 32.2. The fourth-order valence-corrected chi connectivity index (χ4v) is 8.05. The van der Waals surface area contributed by atoms with Gasteiger partial charge in [-0.05, 0) is 6.42 Å². The number of ether oxygens (including phenoxy) is 1. The molecular formula is C15H12F4O11S3. The topological polar surface area (TPSA) is 167 Å². The summed E-state index contributed by atoms with van der Waals surface area (Å²) in [4.78, 5) is 10.3. The fraction of sp³-hybridized carbons (Fsp3) is 0.533. The van der Waals surface area contributed by atoms with E-state index in [1.165, 1.54) is 0 Å². The minimum atomic E-state index is -5.76. The number of hydrogen-bond donors (Lipinski definition) is 1. The van der Waals surface area contributed by atoms with Gasteiger partial charge in [0.15, 0.2) is 16.5 Å². The molecule has 33 heavy (non-hydrogen) atoms. The lowest BCUT2D eigenvalue weighted by Gasteiger charge is -2.29. The molecule has 1 aromatic carbocycles. The summed E-state index contributed by atoms with van der Waals surface area (Å²) in [7, 11) is -14.4. The van der Waals surface area contributed by atoms with Crippen LogP contribution in [0, 0.1) is 41.0 Å². The molecule has 1 saturated heterocycles. The molecule has 1 aliphatic heterocycles. The van der Waals surface area contributed by atoms with Gasteiger partial charge in [-0.1, -0.05) is 0 Å². The molecule has 4 rings (SSSR count). The van der Waals surface area contributed by atoms with E-state index in [0.29, 0.717) is 6.26 Å². The molecule has 1 N–H and O–H groups in total. The number of esters is 1. The van der Waals surface area contributed by atoms with Gasteiger partial charge in [0.2, 0.25) is 17.4 Å². The van der Waals surface area contributed by atoms with E-state index in [-0.39, 0.29) is 6.42 Å². The first-order valence-electron chi connectivity index (χ1n) is 8.81. The van der Waals surface area contributed by atoms with Crippen molar-refractivity contribution in [2.75, 3.05) is 6.26 Å². The van der Waals surface area contributed by atoms with Crippen molar-refractivity contribution < 1.29 is 65.3 Å². The van der Waals surface area contributed by atoms with Crippen molar-refractivity contribution in [3.63, 3.8) is 0 Å². The summed E-state index contributed by atoms with van der Waals surface area (Å²) in [6, 6.07) is 0. The largest absolute Gasteiger partial charge is 0.420 e. The van der Waals surface area contributed by atoms with Crippen LogP contribution in [0.1, 0.15) is 6.42 Å². The van der Waals surface area contributed by atoms with Gasteiger partial charge in [-0.3, -0.25) is 17.7 Å². The zero-order valence-corrected chi connectivity index (χ0v) is 18.4. The van der Waals surface area contributed by atoms with E-state index in [1.807, 2.05) is 0 Å². The Morgan fingerprint density at radius 1 is 1.03 bits per heavy atom. The van der Waals surface area contributed by atoms with E-state index >= 15 is 0 Å². The summed E-state index contributed by atoms with van der Waals surface area (Å²) >= 11 is 0. The van der Waals surface area contributed by atoms with Crippen molar-refractivity contribution in [2.24, 2.45) is 17.8 Å². The second kappa shape index (κ2) is 7.32. The maximum atomic E-state index is 14.2. The molecule has 0 spiro atoms. The van der Waals surface area contributed by atoms with Gasteiger partial charge in [0.05, 0.1) is 12.2 Å². The van der Waals surface area contributed by atoms with Gasteiger partial charge >= 0.3 is 16.1 Å². The summed E-state index contributed by atoms with van der Waals surface area (Å²) in [5, 5.41) is -1.61. The summed E-state index contributed by atoms with van der Waals surface area (Å²) < 4.78 is 149. The lowest BCUT2D eigenvalue weighted by atomic mass is 9.84. The third kappa shape index (κ3) is 3.72. The van der Waals surface area contributed by atoms with Crippen LogP contribution < -0.4 is 4.74 Å². The maximum Gasteiger partial charge on any atom is 0.316 e. The first kappa shape index (κ1) is 24.3. The molecule has 0 amide bonds. The fourth-order valence-electron chi connectivity index (χ4n) is 4.70. The highest BCUT2D eigenvalue weighted by Crippen LogP contribution is 2.59. The minimum Gasteiger partial charge on any atom is -0.420 e. The lowest BCUT2D eigenvalue weighted by molar-refractivity contribution is -0.142. The van der Waals surface area contributed by atoms with Gasteiger partial charge in [-0.2, -0.15) is 34.0 Å². The number of rotatable bonds is 5. The van der Waals surface area contributed by atoms with Gasteiger partial charge in [0.25, 0.3) is 20.2 Å². The predicted octanol–water partition coefficient (Wildman–Crippen LogP) is 0.103. The normalized spacial score (nSPS) is 32.3. The van der Waals surface area contributed by atoms with E-state index in [4.69, 9.17) is 12.9 Å². The van der Waals surface area contributed by atoms with Gasteiger partial charge in [0, 0.05) is 11.8 Å². The molecule has 11 nitrogen and oxygen atoms in total. The third-order valence-electron chi connectivity index (χ3n) is 5.73. The zero-order valence-electron chi connectivity index (χ0n) is 15.9. The number of halogens is 4. The molecule has 2 bridgehead atoms. The Kier molecular flexibility index (Phi) is 5.38. The van der Waals surface area contributed by atoms with E-state index < -0.39 is 105 Å². The molecule has 2 saturated carbocycles. The standard InChI is InChI=1S/C15H12F4O11S3/c1-31(21,22)29-10-3-2-4-11(10)30-33(26,27)13(4)5(3)15(20)28-12-6(16)8(18)14(32(23,24)25)9(19)7(12)17/h3-5,10-11,13H,2H2,1H3,(H,23,24,25). The first-order valence-corrected chi connectivity index (χ1v) is 13.5. The van der Waals surface area contributed by atoms with E-state index in [1.54, 1.807) is 0 Å². The van der Waals surface area contributed by atoms with Gasteiger partial charge in [-0.25, -0.2) is 8.78 Å². The summed E-state index contributed by atoms with van der Waals surface area (Å²) in [5.74, 6) is -17.8. The van der Waals surface area contributed by atoms with Crippen molar-refractivity contribution in [3.05, 3.63) is 23.3 Å². The van der Waals surface area contributed by atoms with Crippen LogP contribution in [0.2, 0.25) is 0 Å². The molecule has 0 aromatic heterocycles. The number of hydrogen-bond acceptors (Lipinski definition) is 10. The van der Waals surface area contributed by atoms with Crippen LogP contribution in [0.4, 0.5) is 17.6 Å². The monoisotopic (exact) mass is 540 g/mol. The van der Waals surface area contributed by atoms with Crippen LogP contribution >= 0.6 is 0 Å². The summed E-state index contributed by atoms with van der Waals surface area (Å²) in [6.45, 7) is 0. The summed E-state index contributed by atoms with van der Waals surface area (Å²) in [5.41, 5.74) is 0. The van der Waals surface area contributed by atoms with Crippen LogP contribution in [-0.2, 0) is 43.5 Å². The van der Waals surface area contributed by atoms with E-state index in [9.17, 15) is 47.6 Å². The molecule has 3 fully saturated rings. The van der Waals surface area contributed by atoms with Crippen LogP contribution in [-0.4, -0.2) is 59.5 Å². The molecule has 3 aliphatic rings. The molecule has 18 heteroatoms. The van der Waals surface area contributed by atoms with Crippen molar-refractivity contribution in [1.29, 1.82) is 0 Å². The predicted molar refractivity (Wildman–Crippen MR) is 94.1 cm³/mol. The molecule has 6 unspecified atom stereocenters. The molecule has 0 radical (unpaired) electrons. The quantitative estimate of drug-likeness (QED) is 0.134. The van der Waals surface area contributed by atoms with Crippen LogP contribution in [0.5, 0.6) is 5.75 Å². The average molecular weight is 540 g/mol. The average Bonchev–Trinajstić information content (AvgIpc) is 3.24. The highest BCUT2D eigenvalue weighted by molar-refractivity contribution is 7.87. The molecular weight excluding hydrogens is 528 g/mol. The summed E-state index contributed by atoms with van der Waals surface area (Å²) in [6.07, 6.45) is -2.17. The Hall–Kier alpha value is -1.86. The Balaban J connectivity index is 1.74. The second-order valence-corrected chi connectivity index (χ2v) is 12.4. The van der Waals surface area contributed by atoms with Gasteiger partial charge in [-0.15, -0.1) is 0 Å². The first-order chi connectivity index (χ1) is 15.0. The SMILES string of the molecule is CS(=O)(=O)OC1C2CC3C1OS(=O)(=O)C3C2C(=O)Oc1c(F)c(F)c(S(=O)(=O)O)c(F)c1F. The Morgan fingerprint density at radius 3 is 2.06 bits per heavy atom. The second-order valence-electron chi connectivity index (χ2n) is 7.68. The Bertz CT molecular complexity index is 1360. The third-order valence-corrected chi connectivity index (χ3v) is 8.98. The van der Waals surface area contributed by atoms with Gasteiger partial charge in [0.1, 0.15) is 17.5 Å². The molecule has 1 aromatic rings. The zero-order chi connectivity index (χ0) is 24.8. The lowest BCUT2D eigenvalue weighted by Crippen LogP contribution is -2.46. The number of carbonyl (C=O) groups excluding carboxylic acids is 1. The molecule has 6 atom stereocenters. The van der Waals surface area contributed by atoms with Gasteiger partial charge < -0.3 is 4.74 Å². The van der Waals surface area contributed by atoms with Crippen LogP contribution in [0.15, 0.2) is 4.90 Å². The molecule has 2 aliphatic carbocycles. The van der Waals surface area contributed by atoms with Crippen molar-refractivity contribution in [1.82, 2.24) is 0 Å². The van der Waals surface area contributed by atoms with Crippen molar-refractivity contribution in [3.8, 4) is 5.75 Å². The highest BCUT2D eigenvalue weighted by Gasteiger charge is 2.72.